The molecule has 34 heavy (non-hydrogen) atoms. The van der Waals surface area contributed by atoms with Crippen molar-refractivity contribution in [2.75, 3.05) is 0 Å². The number of allylic oxidation sites excluding steroid dienone is 2. The van der Waals surface area contributed by atoms with Crippen LogP contribution in [-0.2, 0) is 33.3 Å². The lowest BCUT2D eigenvalue weighted by Gasteiger charge is -2.41. The van der Waals surface area contributed by atoms with Gasteiger partial charge in [0.15, 0.2) is 18.3 Å². The number of esters is 3. The number of hydrogen-bond donors (Lipinski definition) is 2. The van der Waals surface area contributed by atoms with Crippen molar-refractivity contribution in [2.24, 2.45) is 11.8 Å². The van der Waals surface area contributed by atoms with Crippen molar-refractivity contribution in [3.8, 4) is 0 Å². The Balaban J connectivity index is 2.16. The van der Waals surface area contributed by atoms with E-state index in [1.807, 2.05) is 0 Å². The molecule has 0 aromatic rings. The molecule has 0 aromatic carbocycles. The Labute approximate surface area is 199 Å². The van der Waals surface area contributed by atoms with Crippen LogP contribution in [-0.4, -0.2) is 63.9 Å². The Morgan fingerprint density at radius 2 is 1.82 bits per heavy atom. The molecule has 3 fully saturated rings. The van der Waals surface area contributed by atoms with Crippen LogP contribution < -0.4 is 0 Å². The van der Waals surface area contributed by atoms with Crippen molar-refractivity contribution in [3.63, 3.8) is 0 Å². The minimum Gasteiger partial charge on any atom is -0.454 e. The molecule has 8 atom stereocenters. The SMILES string of the molecule is C=C1C(=O)O[C@@H]2[C@H]1[C@@H](OC(=O)C=C(C)C)[C@@]1(O)O[C@H](C[C@H]1C)C[C@@](C)(O)[C@@H]2OC(=O)/C(C)=C/C. The third-order valence-corrected chi connectivity index (χ3v) is 6.86. The van der Waals surface area contributed by atoms with Gasteiger partial charge in [-0.05, 0) is 41.0 Å². The predicted molar refractivity (Wildman–Crippen MR) is 120 cm³/mol. The molecule has 0 unspecified atom stereocenters. The number of fused-ring (bicyclic) bond motifs is 3. The van der Waals surface area contributed by atoms with Crippen LogP contribution in [0, 0.1) is 11.8 Å². The highest BCUT2D eigenvalue weighted by Gasteiger charge is 2.65. The molecule has 0 saturated carbocycles. The van der Waals surface area contributed by atoms with Gasteiger partial charge in [-0.3, -0.25) is 0 Å². The van der Waals surface area contributed by atoms with E-state index in [0.29, 0.717) is 17.6 Å². The van der Waals surface area contributed by atoms with Gasteiger partial charge in [-0.15, -0.1) is 0 Å². The van der Waals surface area contributed by atoms with Gasteiger partial charge < -0.3 is 29.2 Å². The molecule has 0 aliphatic carbocycles. The van der Waals surface area contributed by atoms with Gasteiger partial charge in [-0.25, -0.2) is 14.4 Å². The molecule has 0 amide bonds. The molecule has 2 bridgehead atoms. The Morgan fingerprint density at radius 1 is 1.18 bits per heavy atom. The van der Waals surface area contributed by atoms with Gasteiger partial charge in [0.2, 0.25) is 5.79 Å². The first kappa shape index (κ1) is 26.1. The minimum absolute atomic E-state index is 0.0195. The highest BCUT2D eigenvalue weighted by atomic mass is 16.7. The maximum Gasteiger partial charge on any atom is 0.334 e. The summed E-state index contributed by atoms with van der Waals surface area (Å²) in [7, 11) is 0. The fourth-order valence-corrected chi connectivity index (χ4v) is 4.94. The first-order valence-electron chi connectivity index (χ1n) is 11.4. The maximum absolute atomic E-state index is 12.7. The second kappa shape index (κ2) is 9.28. The molecule has 3 aliphatic rings. The highest BCUT2D eigenvalue weighted by molar-refractivity contribution is 5.92. The van der Waals surface area contributed by atoms with E-state index in [0.717, 1.165) is 0 Å². The number of carbonyl (C=O) groups is 3. The first-order chi connectivity index (χ1) is 15.7. The average molecular weight is 479 g/mol. The molecule has 3 heterocycles. The van der Waals surface area contributed by atoms with E-state index in [4.69, 9.17) is 18.9 Å². The van der Waals surface area contributed by atoms with E-state index in [9.17, 15) is 24.6 Å². The van der Waals surface area contributed by atoms with E-state index < -0.39 is 65.5 Å². The molecule has 2 N–H and O–H groups in total. The Bertz CT molecular complexity index is 942. The first-order valence-corrected chi connectivity index (χ1v) is 11.4. The summed E-state index contributed by atoms with van der Waals surface area (Å²) in [6.45, 7) is 13.7. The lowest BCUT2D eigenvalue weighted by atomic mass is 9.75. The monoisotopic (exact) mass is 478 g/mol. The quantitative estimate of drug-likeness (QED) is 0.355. The van der Waals surface area contributed by atoms with Gasteiger partial charge >= 0.3 is 17.9 Å². The van der Waals surface area contributed by atoms with Gasteiger partial charge in [0, 0.05) is 29.6 Å². The zero-order valence-electron chi connectivity index (χ0n) is 20.5. The fourth-order valence-electron chi connectivity index (χ4n) is 4.94. The molecule has 3 rings (SSSR count). The van der Waals surface area contributed by atoms with Gasteiger partial charge in [0.25, 0.3) is 0 Å². The Morgan fingerprint density at radius 3 is 2.41 bits per heavy atom. The van der Waals surface area contributed by atoms with E-state index in [1.165, 1.54) is 13.0 Å². The number of hydrogen-bond acceptors (Lipinski definition) is 9. The highest BCUT2D eigenvalue weighted by Crippen LogP contribution is 2.50. The zero-order valence-corrected chi connectivity index (χ0v) is 20.5. The fraction of sp³-hybridized carbons (Fsp3) is 0.640. The van der Waals surface area contributed by atoms with E-state index >= 15 is 0 Å². The third-order valence-electron chi connectivity index (χ3n) is 6.86. The molecule has 3 aliphatic heterocycles. The Kier molecular flexibility index (Phi) is 7.13. The van der Waals surface area contributed by atoms with E-state index in [1.54, 1.807) is 40.7 Å². The van der Waals surface area contributed by atoms with Crippen LogP contribution in [0.1, 0.15) is 54.4 Å². The van der Waals surface area contributed by atoms with Crippen molar-refractivity contribution in [1.29, 1.82) is 0 Å². The molecular weight excluding hydrogens is 444 g/mol. The molecule has 0 spiro atoms. The largest absolute Gasteiger partial charge is 0.454 e. The van der Waals surface area contributed by atoms with Crippen molar-refractivity contribution < 1.29 is 43.5 Å². The maximum atomic E-state index is 12.7. The van der Waals surface area contributed by atoms with Gasteiger partial charge in [0.05, 0.1) is 12.0 Å². The average Bonchev–Trinajstić information content (AvgIpc) is 3.17. The third kappa shape index (κ3) is 4.69. The second-order valence-corrected chi connectivity index (χ2v) is 9.99. The van der Waals surface area contributed by atoms with Crippen molar-refractivity contribution in [2.45, 2.75) is 90.2 Å². The number of ether oxygens (including phenoxy) is 4. The van der Waals surface area contributed by atoms with Crippen molar-refractivity contribution in [1.82, 2.24) is 0 Å². The summed E-state index contributed by atoms with van der Waals surface area (Å²) in [5.74, 6) is -5.87. The molecule has 0 aromatic heterocycles. The summed E-state index contributed by atoms with van der Waals surface area (Å²) in [6, 6.07) is 0. The van der Waals surface area contributed by atoms with Gasteiger partial charge in [-0.1, -0.05) is 25.2 Å². The topological polar surface area (TPSA) is 129 Å². The molecule has 9 heteroatoms. The van der Waals surface area contributed by atoms with Crippen LogP contribution in [0.15, 0.2) is 35.5 Å². The smallest absolute Gasteiger partial charge is 0.334 e. The minimum atomic E-state index is -1.98. The summed E-state index contributed by atoms with van der Waals surface area (Å²) in [4.78, 5) is 38.0. The zero-order chi connectivity index (χ0) is 25.6. The molecule has 9 nitrogen and oxygen atoms in total. The van der Waals surface area contributed by atoms with Gasteiger partial charge in [-0.2, -0.15) is 0 Å². The Hall–Kier alpha value is -2.49. The molecule has 188 valence electrons. The lowest BCUT2D eigenvalue weighted by Crippen LogP contribution is -2.58. The molecular formula is C25H34O9. The van der Waals surface area contributed by atoms with E-state index in [2.05, 4.69) is 6.58 Å². The summed E-state index contributed by atoms with van der Waals surface area (Å²) < 4.78 is 22.9. The van der Waals surface area contributed by atoms with Gasteiger partial charge in [0.1, 0.15) is 5.60 Å². The normalized spacial score (nSPS) is 39.8. The number of aliphatic hydroxyl groups is 2. The van der Waals surface area contributed by atoms with Crippen molar-refractivity contribution >= 4 is 17.9 Å². The lowest BCUT2D eigenvalue weighted by molar-refractivity contribution is -0.276. The summed E-state index contributed by atoms with van der Waals surface area (Å²) in [6.07, 6.45) is -1.51. The van der Waals surface area contributed by atoms with Crippen LogP contribution in [0.5, 0.6) is 0 Å². The standard InChI is InChI=1S/C25H34O9/c1-8-13(4)22(27)33-21-19-18(15(6)23(28)32-19)20(31-17(26)9-12(2)3)25(30)14(5)10-16(34-25)11-24(21,7)29/h8-9,14,16,18-21,29-30H,6,10-11H2,1-5,7H3/b13-8+/t14-,16-,18+,19-,20-,21-,24-,25+/m1/s1. The van der Waals surface area contributed by atoms with Crippen LogP contribution in [0.4, 0.5) is 0 Å². The van der Waals surface area contributed by atoms with Crippen LogP contribution in [0.25, 0.3) is 0 Å². The summed E-state index contributed by atoms with van der Waals surface area (Å²) >= 11 is 0. The second-order valence-electron chi connectivity index (χ2n) is 9.99. The summed E-state index contributed by atoms with van der Waals surface area (Å²) in [5, 5.41) is 23.1. The van der Waals surface area contributed by atoms with E-state index in [-0.39, 0.29) is 12.0 Å². The van der Waals surface area contributed by atoms with Crippen LogP contribution in [0.3, 0.4) is 0 Å². The van der Waals surface area contributed by atoms with Crippen molar-refractivity contribution in [3.05, 3.63) is 35.5 Å². The number of carbonyl (C=O) groups excluding carboxylic acids is 3. The predicted octanol–water partition coefficient (Wildman–Crippen LogP) is 2.11. The molecule has 3 saturated heterocycles. The molecule has 0 radical (unpaired) electrons. The van der Waals surface area contributed by atoms with Crippen LogP contribution >= 0.6 is 0 Å². The number of rotatable bonds is 4. The van der Waals surface area contributed by atoms with Crippen LogP contribution in [0.2, 0.25) is 0 Å². The summed E-state index contributed by atoms with van der Waals surface area (Å²) in [5.41, 5.74) is -0.809.